The second-order valence-corrected chi connectivity index (χ2v) is 7.43. The minimum absolute atomic E-state index is 0.215. The molecule has 4 heteroatoms. The lowest BCUT2D eigenvalue weighted by Crippen LogP contribution is -2.16. The van der Waals surface area contributed by atoms with Crippen molar-refractivity contribution in [2.75, 3.05) is 0 Å². The Morgan fingerprint density at radius 1 is 0.893 bits per heavy atom. The van der Waals surface area contributed by atoms with Gasteiger partial charge < -0.3 is 4.74 Å². The second kappa shape index (κ2) is 9.19. The zero-order valence-corrected chi connectivity index (χ0v) is 16.1. The zero-order chi connectivity index (χ0) is 20.0. The summed E-state index contributed by atoms with van der Waals surface area (Å²) in [5.74, 6) is 7.86. The summed E-state index contributed by atoms with van der Waals surface area (Å²) >= 11 is 0. The highest BCUT2D eigenvalue weighted by molar-refractivity contribution is 5.65. The summed E-state index contributed by atoms with van der Waals surface area (Å²) in [5, 5.41) is 0. The summed E-state index contributed by atoms with van der Waals surface area (Å²) in [6.07, 6.45) is 2.91. The van der Waals surface area contributed by atoms with Crippen molar-refractivity contribution in [3.05, 3.63) is 54.1 Å². The Labute approximate surface area is 164 Å². The molecule has 2 aromatic carbocycles. The molecule has 0 heterocycles. The van der Waals surface area contributed by atoms with E-state index in [0.29, 0.717) is 5.92 Å². The molecule has 0 radical (unpaired) electrons. The first-order valence-electron chi connectivity index (χ1n) is 9.90. The number of benzene rings is 2. The minimum Gasteiger partial charge on any atom is -0.406 e. The van der Waals surface area contributed by atoms with Crippen molar-refractivity contribution in [3.8, 4) is 28.7 Å². The fourth-order valence-corrected chi connectivity index (χ4v) is 3.78. The highest BCUT2D eigenvalue weighted by Crippen LogP contribution is 2.31. The second-order valence-electron chi connectivity index (χ2n) is 7.43. The predicted octanol–water partition coefficient (Wildman–Crippen LogP) is 7.21. The molecular weight excluding hydrogens is 361 g/mol. The lowest BCUT2D eigenvalue weighted by molar-refractivity contribution is -0.274. The quantitative estimate of drug-likeness (QED) is 0.505. The highest BCUT2D eigenvalue weighted by Gasteiger charge is 2.30. The van der Waals surface area contributed by atoms with Gasteiger partial charge in [0.1, 0.15) is 5.75 Å². The number of halogens is 3. The summed E-state index contributed by atoms with van der Waals surface area (Å²) in [6, 6.07) is 13.7. The van der Waals surface area contributed by atoms with Gasteiger partial charge in [-0.1, -0.05) is 55.9 Å². The van der Waals surface area contributed by atoms with Crippen LogP contribution in [0.2, 0.25) is 0 Å². The third-order valence-electron chi connectivity index (χ3n) is 5.27. The average Bonchev–Trinajstić information content (AvgIpc) is 2.68. The van der Waals surface area contributed by atoms with Gasteiger partial charge in [0.25, 0.3) is 0 Å². The van der Waals surface area contributed by atoms with E-state index in [0.717, 1.165) is 22.6 Å². The summed E-state index contributed by atoms with van der Waals surface area (Å²) in [4.78, 5) is 0. The fourth-order valence-electron chi connectivity index (χ4n) is 3.78. The maximum atomic E-state index is 12.2. The van der Waals surface area contributed by atoms with Crippen LogP contribution in [0.15, 0.2) is 48.5 Å². The van der Waals surface area contributed by atoms with Crippen LogP contribution in [-0.4, -0.2) is 6.36 Å². The normalized spacial score (nSPS) is 19.6. The minimum atomic E-state index is -4.67. The average molecular weight is 386 g/mol. The Bertz CT molecular complexity index is 802. The molecule has 3 rings (SSSR count). The van der Waals surface area contributed by atoms with Gasteiger partial charge in [-0.05, 0) is 67.0 Å². The van der Waals surface area contributed by atoms with Crippen LogP contribution in [0.25, 0.3) is 11.1 Å². The van der Waals surface area contributed by atoms with E-state index in [-0.39, 0.29) is 5.75 Å². The van der Waals surface area contributed by atoms with Crippen molar-refractivity contribution < 1.29 is 17.9 Å². The summed E-state index contributed by atoms with van der Waals surface area (Å²) < 4.78 is 40.6. The smallest absolute Gasteiger partial charge is 0.406 e. The van der Waals surface area contributed by atoms with E-state index < -0.39 is 6.36 Å². The van der Waals surface area contributed by atoms with Crippen molar-refractivity contribution in [1.29, 1.82) is 0 Å². The van der Waals surface area contributed by atoms with E-state index in [1.54, 1.807) is 12.1 Å². The highest BCUT2D eigenvalue weighted by atomic mass is 19.4. The van der Waals surface area contributed by atoms with Crippen LogP contribution in [0.4, 0.5) is 13.2 Å². The number of rotatable bonds is 4. The van der Waals surface area contributed by atoms with Crippen LogP contribution in [0.5, 0.6) is 5.75 Å². The molecule has 0 spiro atoms. The van der Waals surface area contributed by atoms with Gasteiger partial charge in [0.05, 0.1) is 0 Å². The summed E-state index contributed by atoms with van der Waals surface area (Å²) in [6.45, 7) is 2.25. The molecule has 0 unspecified atom stereocenters. The van der Waals surface area contributed by atoms with Gasteiger partial charge in [-0.25, -0.2) is 0 Å². The molecule has 1 saturated carbocycles. The van der Waals surface area contributed by atoms with Crippen LogP contribution >= 0.6 is 0 Å². The molecular formula is C24H25F3O. The summed E-state index contributed by atoms with van der Waals surface area (Å²) in [5.41, 5.74) is 2.74. The van der Waals surface area contributed by atoms with E-state index in [9.17, 15) is 13.2 Å². The van der Waals surface area contributed by atoms with Gasteiger partial charge in [-0.15, -0.1) is 13.2 Å². The SMILES string of the molecule is CCCC1CCC(C#Cc2ccc(-c3ccc(OC(F)(F)F)cc3)cc2)CC1. The van der Waals surface area contributed by atoms with Crippen LogP contribution in [0.3, 0.4) is 0 Å². The molecule has 0 saturated heterocycles. The lowest BCUT2D eigenvalue weighted by Gasteiger charge is -2.25. The molecule has 0 bridgehead atoms. The first kappa shape index (κ1) is 20.3. The molecule has 0 amide bonds. The van der Waals surface area contributed by atoms with Crippen LogP contribution in [0.1, 0.15) is 51.0 Å². The molecule has 0 aromatic heterocycles. The first-order chi connectivity index (χ1) is 13.4. The molecule has 1 fully saturated rings. The van der Waals surface area contributed by atoms with Gasteiger partial charge in [-0.3, -0.25) is 0 Å². The Morgan fingerprint density at radius 3 is 2.00 bits per heavy atom. The third-order valence-corrected chi connectivity index (χ3v) is 5.27. The molecule has 1 aliphatic rings. The van der Waals surface area contributed by atoms with E-state index in [1.165, 1.54) is 50.7 Å². The van der Waals surface area contributed by atoms with Crippen LogP contribution < -0.4 is 4.74 Å². The van der Waals surface area contributed by atoms with Gasteiger partial charge in [0.15, 0.2) is 0 Å². The maximum absolute atomic E-state index is 12.2. The topological polar surface area (TPSA) is 9.23 Å². The third kappa shape index (κ3) is 6.05. The number of hydrogen-bond donors (Lipinski definition) is 0. The predicted molar refractivity (Wildman–Crippen MR) is 106 cm³/mol. The van der Waals surface area contributed by atoms with Crippen molar-refractivity contribution in [2.24, 2.45) is 11.8 Å². The Balaban J connectivity index is 1.59. The number of ether oxygens (including phenoxy) is 1. The molecule has 0 atom stereocenters. The molecule has 148 valence electrons. The van der Waals surface area contributed by atoms with Gasteiger partial charge >= 0.3 is 6.36 Å². The Morgan fingerprint density at radius 2 is 1.46 bits per heavy atom. The molecule has 0 aliphatic heterocycles. The van der Waals surface area contributed by atoms with E-state index in [1.807, 2.05) is 24.3 Å². The van der Waals surface area contributed by atoms with E-state index >= 15 is 0 Å². The molecule has 0 N–H and O–H groups in total. The number of alkyl halides is 3. The molecule has 1 nitrogen and oxygen atoms in total. The fraction of sp³-hybridized carbons (Fsp3) is 0.417. The van der Waals surface area contributed by atoms with Gasteiger partial charge in [0.2, 0.25) is 0 Å². The zero-order valence-electron chi connectivity index (χ0n) is 16.1. The standard InChI is InChI=1S/C24H25F3O/c1-2-3-18-4-6-19(7-5-18)8-9-20-10-12-21(13-11-20)22-14-16-23(17-15-22)28-24(25,26)27/h10-19H,2-7H2,1H3. The molecule has 2 aromatic rings. The molecule has 28 heavy (non-hydrogen) atoms. The van der Waals surface area contributed by atoms with E-state index in [2.05, 4.69) is 23.5 Å². The van der Waals surface area contributed by atoms with E-state index in [4.69, 9.17) is 0 Å². The van der Waals surface area contributed by atoms with Crippen molar-refractivity contribution in [1.82, 2.24) is 0 Å². The first-order valence-corrected chi connectivity index (χ1v) is 9.90. The Hall–Kier alpha value is -2.41. The van der Waals surface area contributed by atoms with Gasteiger partial charge in [0, 0.05) is 11.5 Å². The monoisotopic (exact) mass is 386 g/mol. The van der Waals surface area contributed by atoms with Crippen molar-refractivity contribution in [3.63, 3.8) is 0 Å². The van der Waals surface area contributed by atoms with Crippen LogP contribution in [0, 0.1) is 23.7 Å². The van der Waals surface area contributed by atoms with Crippen molar-refractivity contribution in [2.45, 2.75) is 51.8 Å². The summed E-state index contributed by atoms with van der Waals surface area (Å²) in [7, 11) is 0. The van der Waals surface area contributed by atoms with Gasteiger partial charge in [-0.2, -0.15) is 0 Å². The maximum Gasteiger partial charge on any atom is 0.573 e. The largest absolute Gasteiger partial charge is 0.573 e. The Kier molecular flexibility index (Phi) is 6.67. The van der Waals surface area contributed by atoms with Crippen molar-refractivity contribution >= 4 is 0 Å². The number of hydrogen-bond acceptors (Lipinski definition) is 1. The van der Waals surface area contributed by atoms with Crippen LogP contribution in [-0.2, 0) is 0 Å². The molecule has 1 aliphatic carbocycles. The lowest BCUT2D eigenvalue weighted by atomic mass is 9.80.